The number of methoxy groups -OCH3 is 1. The molecule has 0 aromatic rings. The molecule has 0 unspecified atom stereocenters. The number of ether oxygens (including phenoxy) is 1. The van der Waals surface area contributed by atoms with Crippen LogP contribution in [0.25, 0.3) is 0 Å². The molecule has 0 spiro atoms. The van der Waals surface area contributed by atoms with E-state index >= 15 is 0 Å². The third-order valence-electron chi connectivity index (χ3n) is 0.494. The van der Waals surface area contributed by atoms with E-state index in [4.69, 9.17) is 9.79 Å². The molecule has 0 heterocycles. The third kappa shape index (κ3) is 6.27. The Morgan fingerprint density at radius 2 is 2.00 bits per heavy atom. The molecular weight excluding hydrogens is 131 g/mol. The van der Waals surface area contributed by atoms with Crippen molar-refractivity contribution in [2.24, 2.45) is 0 Å². The highest BCUT2D eigenvalue weighted by Gasteiger charge is 1.95. The van der Waals surface area contributed by atoms with Crippen molar-refractivity contribution in [2.45, 2.75) is 0 Å². The first-order valence-corrected chi connectivity index (χ1v) is 3.23. The Bertz CT molecular complexity index is 48.5. The fraction of sp³-hybridized carbons (Fsp3) is 1.00. The van der Waals surface area contributed by atoms with Gasteiger partial charge in [0.1, 0.15) is 0 Å². The van der Waals surface area contributed by atoms with Crippen molar-refractivity contribution in [1.29, 1.82) is 0 Å². The van der Waals surface area contributed by atoms with Gasteiger partial charge in [0.25, 0.3) is 0 Å². The zero-order valence-corrected chi connectivity index (χ0v) is 5.47. The average molecular weight is 140 g/mol. The lowest BCUT2D eigenvalue weighted by molar-refractivity contribution is 0.136. The first-order chi connectivity index (χ1) is 3.77. The molecule has 0 aliphatic rings. The highest BCUT2D eigenvalue weighted by Crippen LogP contribution is 2.23. The summed E-state index contributed by atoms with van der Waals surface area (Å²) in [5, 5.41) is 0. The minimum absolute atomic E-state index is 0.231. The molecule has 0 fully saturated rings. The van der Waals surface area contributed by atoms with Crippen LogP contribution in [0.5, 0.6) is 0 Å². The summed E-state index contributed by atoms with van der Waals surface area (Å²) in [5.74, 6) is 0. The number of rotatable bonds is 4. The first-order valence-electron chi connectivity index (χ1n) is 2.07. The largest absolute Gasteiger partial charge is 0.382 e. The quantitative estimate of drug-likeness (QED) is 0.421. The van der Waals surface area contributed by atoms with E-state index in [0.29, 0.717) is 6.61 Å². The molecule has 0 atom stereocenters. The van der Waals surface area contributed by atoms with Gasteiger partial charge in [-0.15, -0.1) is 0 Å². The maximum atomic E-state index is 8.12. The lowest BCUT2D eigenvalue weighted by Crippen LogP contribution is -1.97. The van der Waals surface area contributed by atoms with Crippen LogP contribution in [0.2, 0.25) is 0 Å². The molecule has 0 aliphatic carbocycles. The molecule has 0 aromatic carbocycles. The molecule has 0 saturated heterocycles. The Labute approximate surface area is 49.0 Å². The molecule has 4 nitrogen and oxygen atoms in total. The molecule has 5 heteroatoms. The fourth-order valence-corrected chi connectivity index (χ4v) is 0.440. The van der Waals surface area contributed by atoms with E-state index in [9.17, 15) is 0 Å². The molecule has 0 rings (SSSR count). The van der Waals surface area contributed by atoms with Crippen molar-refractivity contribution in [1.82, 2.24) is 0 Å². The summed E-state index contributed by atoms with van der Waals surface area (Å²) in [6.45, 7) is 0.620. The van der Waals surface area contributed by atoms with Gasteiger partial charge in [-0.3, -0.25) is 0 Å². The van der Waals surface area contributed by atoms with E-state index < -0.39 is 8.60 Å². The molecular formula is C3H9O4P. The van der Waals surface area contributed by atoms with Crippen molar-refractivity contribution in [2.75, 3.05) is 20.3 Å². The summed E-state index contributed by atoms with van der Waals surface area (Å²) in [6.07, 6.45) is 0. The van der Waals surface area contributed by atoms with Gasteiger partial charge in [-0.2, -0.15) is 0 Å². The van der Waals surface area contributed by atoms with Gasteiger partial charge in [0, 0.05) is 7.11 Å². The molecule has 0 aliphatic heterocycles. The van der Waals surface area contributed by atoms with Gasteiger partial charge in [0.15, 0.2) is 0 Å². The van der Waals surface area contributed by atoms with Crippen LogP contribution in [-0.4, -0.2) is 30.1 Å². The van der Waals surface area contributed by atoms with Gasteiger partial charge in [-0.05, 0) is 0 Å². The maximum absolute atomic E-state index is 8.12. The lowest BCUT2D eigenvalue weighted by Gasteiger charge is -2.00. The summed E-state index contributed by atoms with van der Waals surface area (Å²) >= 11 is 0. The highest BCUT2D eigenvalue weighted by molar-refractivity contribution is 7.39. The maximum Gasteiger partial charge on any atom is 0.327 e. The number of hydrogen-bond donors (Lipinski definition) is 2. The van der Waals surface area contributed by atoms with Crippen LogP contribution in [0, 0.1) is 0 Å². The average Bonchev–Trinajstić information content (AvgIpc) is 1.66. The second-order valence-electron chi connectivity index (χ2n) is 1.08. The predicted octanol–water partition coefficient (Wildman–Crippen LogP) is -0.139. The minimum atomic E-state index is -2.19. The van der Waals surface area contributed by atoms with E-state index in [2.05, 4.69) is 9.26 Å². The second kappa shape index (κ2) is 5.41. The van der Waals surface area contributed by atoms with E-state index in [0.717, 1.165) is 0 Å². The first kappa shape index (κ1) is 8.27. The van der Waals surface area contributed by atoms with Gasteiger partial charge >= 0.3 is 8.60 Å². The van der Waals surface area contributed by atoms with Gasteiger partial charge in [-0.25, -0.2) is 0 Å². The standard InChI is InChI=1S/C3H9O4P/c1-6-2-3-7-8(4)5/h4-5H,2-3H2,1H3. The zero-order chi connectivity index (χ0) is 6.41. The SMILES string of the molecule is COCCOP(O)O. The molecule has 0 bridgehead atoms. The Balaban J connectivity index is 2.72. The summed E-state index contributed by atoms with van der Waals surface area (Å²) in [4.78, 5) is 16.2. The van der Waals surface area contributed by atoms with E-state index in [1.807, 2.05) is 0 Å². The van der Waals surface area contributed by atoms with E-state index in [1.54, 1.807) is 0 Å². The van der Waals surface area contributed by atoms with Crippen LogP contribution in [0.15, 0.2) is 0 Å². The van der Waals surface area contributed by atoms with Gasteiger partial charge in [0.05, 0.1) is 13.2 Å². The molecule has 50 valence electrons. The predicted molar refractivity (Wildman–Crippen MR) is 29.2 cm³/mol. The van der Waals surface area contributed by atoms with Crippen LogP contribution >= 0.6 is 8.60 Å². The molecule has 0 amide bonds. The van der Waals surface area contributed by atoms with E-state index in [1.165, 1.54) is 7.11 Å². The Kier molecular flexibility index (Phi) is 5.59. The van der Waals surface area contributed by atoms with Crippen LogP contribution < -0.4 is 0 Å². The Hall–Kier alpha value is 0.270. The normalized spacial score (nSPS) is 10.5. The zero-order valence-electron chi connectivity index (χ0n) is 4.57. The van der Waals surface area contributed by atoms with Crippen LogP contribution in [0.3, 0.4) is 0 Å². The topological polar surface area (TPSA) is 58.9 Å². The van der Waals surface area contributed by atoms with Crippen molar-refractivity contribution in [3.05, 3.63) is 0 Å². The molecule has 0 saturated carbocycles. The fourth-order valence-electron chi connectivity index (χ4n) is 0.202. The molecule has 2 N–H and O–H groups in total. The highest BCUT2D eigenvalue weighted by atomic mass is 31.2. The summed E-state index contributed by atoms with van der Waals surface area (Å²) < 4.78 is 8.89. The molecule has 0 radical (unpaired) electrons. The van der Waals surface area contributed by atoms with Crippen LogP contribution in [0.4, 0.5) is 0 Å². The number of hydrogen-bond acceptors (Lipinski definition) is 4. The molecule has 0 aromatic heterocycles. The van der Waals surface area contributed by atoms with Gasteiger partial charge in [0.2, 0.25) is 0 Å². The van der Waals surface area contributed by atoms with Crippen molar-refractivity contribution >= 4 is 8.60 Å². The lowest BCUT2D eigenvalue weighted by atomic mass is 10.8. The van der Waals surface area contributed by atoms with Crippen molar-refractivity contribution in [3.63, 3.8) is 0 Å². The Morgan fingerprint density at radius 3 is 2.38 bits per heavy atom. The van der Waals surface area contributed by atoms with Gasteiger partial charge < -0.3 is 19.0 Å². The summed E-state index contributed by atoms with van der Waals surface area (Å²) in [5.41, 5.74) is 0. The van der Waals surface area contributed by atoms with E-state index in [-0.39, 0.29) is 6.61 Å². The van der Waals surface area contributed by atoms with Crippen LogP contribution in [-0.2, 0) is 9.26 Å². The summed E-state index contributed by atoms with van der Waals surface area (Å²) in [6, 6.07) is 0. The smallest absolute Gasteiger partial charge is 0.327 e. The second-order valence-corrected chi connectivity index (χ2v) is 1.84. The minimum Gasteiger partial charge on any atom is -0.382 e. The van der Waals surface area contributed by atoms with Crippen LogP contribution in [0.1, 0.15) is 0 Å². The van der Waals surface area contributed by atoms with Gasteiger partial charge in [-0.1, -0.05) is 0 Å². The molecule has 8 heavy (non-hydrogen) atoms. The Morgan fingerprint density at radius 1 is 1.38 bits per heavy atom. The third-order valence-corrected chi connectivity index (χ3v) is 0.908. The summed E-state index contributed by atoms with van der Waals surface area (Å²) in [7, 11) is -0.678. The van der Waals surface area contributed by atoms with Crippen molar-refractivity contribution < 1.29 is 19.0 Å². The van der Waals surface area contributed by atoms with Crippen molar-refractivity contribution in [3.8, 4) is 0 Å². The monoisotopic (exact) mass is 140 g/mol.